The van der Waals surface area contributed by atoms with Gasteiger partial charge in [-0.2, -0.15) is 0 Å². The molecule has 6 heteroatoms. The number of benzene rings is 2. The van der Waals surface area contributed by atoms with Crippen LogP contribution in [0.3, 0.4) is 0 Å². The van der Waals surface area contributed by atoms with Gasteiger partial charge in [0.05, 0.1) is 13.7 Å². The molecule has 1 aliphatic heterocycles. The van der Waals surface area contributed by atoms with Crippen LogP contribution in [0.1, 0.15) is 11.5 Å². The van der Waals surface area contributed by atoms with Crippen LogP contribution in [0.25, 0.3) is 11.5 Å². The molecule has 6 nitrogen and oxygen atoms in total. The normalized spacial score (nSPS) is 15.7. The number of piperazine rings is 1. The van der Waals surface area contributed by atoms with E-state index in [0.717, 1.165) is 44.0 Å². The van der Waals surface area contributed by atoms with Crippen LogP contribution in [0.5, 0.6) is 5.75 Å². The van der Waals surface area contributed by atoms with E-state index < -0.39 is 0 Å². The Bertz CT molecular complexity index is 857. The van der Waals surface area contributed by atoms with Crippen LogP contribution in [0, 0.1) is 0 Å². The first-order valence-electron chi connectivity index (χ1n) is 9.25. The second-order valence-corrected chi connectivity index (χ2v) is 6.77. The lowest BCUT2D eigenvalue weighted by molar-refractivity contribution is 0.114. The minimum absolute atomic E-state index is 0.534. The molecule has 0 saturated carbocycles. The minimum Gasteiger partial charge on any atom is -0.497 e. The Balaban J connectivity index is 1.31. The second kappa shape index (κ2) is 8.33. The second-order valence-electron chi connectivity index (χ2n) is 6.77. The van der Waals surface area contributed by atoms with E-state index in [2.05, 4.69) is 50.3 Å². The molecule has 0 amide bonds. The van der Waals surface area contributed by atoms with Gasteiger partial charge in [0, 0.05) is 38.3 Å². The quantitative estimate of drug-likeness (QED) is 0.670. The first-order chi connectivity index (χ1) is 13.3. The number of ether oxygens (including phenoxy) is 1. The molecule has 4 rings (SSSR count). The zero-order chi connectivity index (χ0) is 18.5. The third-order valence-electron chi connectivity index (χ3n) is 4.86. The first-order valence-corrected chi connectivity index (χ1v) is 9.25. The lowest BCUT2D eigenvalue weighted by atomic mass is 10.2. The van der Waals surface area contributed by atoms with Crippen LogP contribution >= 0.6 is 0 Å². The van der Waals surface area contributed by atoms with E-state index in [1.165, 1.54) is 5.56 Å². The van der Waals surface area contributed by atoms with E-state index in [1.807, 2.05) is 24.3 Å². The molecule has 3 aromatic rings. The summed E-state index contributed by atoms with van der Waals surface area (Å²) in [5.41, 5.74) is 2.24. The third-order valence-corrected chi connectivity index (χ3v) is 4.86. The highest BCUT2D eigenvalue weighted by molar-refractivity contribution is 5.55. The molecule has 1 aliphatic rings. The van der Waals surface area contributed by atoms with Crippen LogP contribution < -0.4 is 4.74 Å². The van der Waals surface area contributed by atoms with Crippen molar-refractivity contribution in [3.05, 3.63) is 66.1 Å². The van der Waals surface area contributed by atoms with Crippen molar-refractivity contribution in [2.45, 2.75) is 13.1 Å². The molecule has 1 fully saturated rings. The van der Waals surface area contributed by atoms with Crippen LogP contribution in [0.4, 0.5) is 0 Å². The van der Waals surface area contributed by atoms with Gasteiger partial charge in [-0.1, -0.05) is 36.4 Å². The maximum atomic E-state index is 5.86. The highest BCUT2D eigenvalue weighted by Gasteiger charge is 2.19. The highest BCUT2D eigenvalue weighted by Crippen LogP contribution is 2.23. The van der Waals surface area contributed by atoms with Gasteiger partial charge < -0.3 is 9.15 Å². The summed E-state index contributed by atoms with van der Waals surface area (Å²) in [5, 5.41) is 8.41. The summed E-state index contributed by atoms with van der Waals surface area (Å²) in [6, 6.07) is 18.3. The molecule has 0 bridgehead atoms. The van der Waals surface area contributed by atoms with Gasteiger partial charge in [-0.3, -0.25) is 9.80 Å². The number of hydrogen-bond acceptors (Lipinski definition) is 6. The van der Waals surface area contributed by atoms with Gasteiger partial charge in [0.25, 0.3) is 0 Å². The van der Waals surface area contributed by atoms with Gasteiger partial charge >= 0.3 is 0 Å². The summed E-state index contributed by atoms with van der Waals surface area (Å²) >= 11 is 0. The summed E-state index contributed by atoms with van der Waals surface area (Å²) in [5.74, 6) is 1.97. The van der Waals surface area contributed by atoms with Crippen molar-refractivity contribution in [1.82, 2.24) is 20.0 Å². The average Bonchev–Trinajstić information content (AvgIpc) is 3.19. The molecule has 0 spiro atoms. The fourth-order valence-corrected chi connectivity index (χ4v) is 3.33. The molecule has 0 radical (unpaired) electrons. The van der Waals surface area contributed by atoms with E-state index in [0.29, 0.717) is 18.3 Å². The van der Waals surface area contributed by atoms with Gasteiger partial charge in [0.2, 0.25) is 11.8 Å². The molecule has 0 aliphatic carbocycles. The Morgan fingerprint density at radius 2 is 1.63 bits per heavy atom. The van der Waals surface area contributed by atoms with E-state index in [-0.39, 0.29) is 0 Å². The fourth-order valence-electron chi connectivity index (χ4n) is 3.33. The molecule has 140 valence electrons. The van der Waals surface area contributed by atoms with E-state index >= 15 is 0 Å². The number of rotatable bonds is 6. The molecule has 2 aromatic carbocycles. The molecule has 1 aromatic heterocycles. The minimum atomic E-state index is 0.534. The number of nitrogens with zero attached hydrogens (tertiary/aromatic N) is 4. The largest absolute Gasteiger partial charge is 0.497 e. The van der Waals surface area contributed by atoms with Crippen molar-refractivity contribution in [3.63, 3.8) is 0 Å². The summed E-state index contributed by atoms with van der Waals surface area (Å²) in [7, 11) is 1.65. The average molecular weight is 364 g/mol. The molecule has 1 saturated heterocycles. The molecule has 2 heterocycles. The monoisotopic (exact) mass is 364 g/mol. The summed E-state index contributed by atoms with van der Waals surface area (Å²) in [4.78, 5) is 4.85. The molecule has 0 atom stereocenters. The number of aromatic nitrogens is 2. The number of hydrogen-bond donors (Lipinski definition) is 0. The van der Waals surface area contributed by atoms with Crippen LogP contribution in [0.2, 0.25) is 0 Å². The zero-order valence-corrected chi connectivity index (χ0v) is 15.5. The van der Waals surface area contributed by atoms with Crippen molar-refractivity contribution < 1.29 is 9.15 Å². The van der Waals surface area contributed by atoms with Gasteiger partial charge in [0.15, 0.2) is 0 Å². The van der Waals surface area contributed by atoms with E-state index in [4.69, 9.17) is 9.15 Å². The SMILES string of the molecule is COc1cccc(-c2nnc(CN3CCN(Cc4ccccc4)CC3)o2)c1. The van der Waals surface area contributed by atoms with Crippen molar-refractivity contribution in [2.24, 2.45) is 0 Å². The first kappa shape index (κ1) is 17.7. The predicted molar refractivity (Wildman–Crippen MR) is 103 cm³/mol. The molecular formula is C21H24N4O2. The van der Waals surface area contributed by atoms with Gasteiger partial charge in [-0.25, -0.2) is 0 Å². The summed E-state index contributed by atoms with van der Waals surface area (Å²) < 4.78 is 11.1. The lowest BCUT2D eigenvalue weighted by Crippen LogP contribution is -2.45. The smallest absolute Gasteiger partial charge is 0.247 e. The Labute approximate surface area is 159 Å². The Kier molecular flexibility index (Phi) is 5.46. The maximum Gasteiger partial charge on any atom is 0.247 e. The number of methoxy groups -OCH3 is 1. The topological polar surface area (TPSA) is 54.6 Å². The van der Waals surface area contributed by atoms with Crippen molar-refractivity contribution in [3.8, 4) is 17.2 Å². The standard InChI is InChI=1S/C21H24N4O2/c1-26-19-9-5-8-18(14-19)21-23-22-20(27-21)16-25-12-10-24(11-13-25)15-17-6-3-2-4-7-17/h2-9,14H,10-13,15-16H2,1H3. The van der Waals surface area contributed by atoms with E-state index in [1.54, 1.807) is 7.11 Å². The van der Waals surface area contributed by atoms with Crippen LogP contribution in [-0.2, 0) is 13.1 Å². The zero-order valence-electron chi connectivity index (χ0n) is 15.5. The lowest BCUT2D eigenvalue weighted by Gasteiger charge is -2.33. The van der Waals surface area contributed by atoms with Crippen molar-refractivity contribution in [1.29, 1.82) is 0 Å². The maximum absolute atomic E-state index is 5.86. The molecular weight excluding hydrogens is 340 g/mol. The van der Waals surface area contributed by atoms with Crippen molar-refractivity contribution in [2.75, 3.05) is 33.3 Å². The third kappa shape index (κ3) is 4.53. The Morgan fingerprint density at radius 3 is 2.37 bits per heavy atom. The van der Waals surface area contributed by atoms with Crippen molar-refractivity contribution >= 4 is 0 Å². The fraction of sp³-hybridized carbons (Fsp3) is 0.333. The Morgan fingerprint density at radius 1 is 0.889 bits per heavy atom. The predicted octanol–water partition coefficient (Wildman–Crippen LogP) is 3.06. The van der Waals surface area contributed by atoms with Crippen LogP contribution in [0.15, 0.2) is 59.0 Å². The summed E-state index contributed by atoms with van der Waals surface area (Å²) in [6.45, 7) is 5.80. The van der Waals surface area contributed by atoms with Gasteiger partial charge in [-0.05, 0) is 23.8 Å². The summed E-state index contributed by atoms with van der Waals surface area (Å²) in [6.07, 6.45) is 0. The molecule has 0 unspecified atom stereocenters. The van der Waals surface area contributed by atoms with Gasteiger partial charge in [-0.15, -0.1) is 10.2 Å². The molecule has 0 N–H and O–H groups in total. The highest BCUT2D eigenvalue weighted by atomic mass is 16.5. The Hall–Kier alpha value is -2.70. The van der Waals surface area contributed by atoms with Gasteiger partial charge in [0.1, 0.15) is 5.75 Å². The molecule has 27 heavy (non-hydrogen) atoms. The van der Waals surface area contributed by atoms with E-state index in [9.17, 15) is 0 Å². The van der Waals surface area contributed by atoms with Crippen LogP contribution in [-0.4, -0.2) is 53.3 Å².